The monoisotopic (exact) mass is 200 g/mol. The maximum absolute atomic E-state index is 11.7. The number of aryl methyl sites for hydroxylation is 1. The fourth-order valence-electron chi connectivity index (χ4n) is 1.77. The Balaban J connectivity index is 2.26. The molecule has 0 aliphatic carbocycles. The zero-order chi connectivity index (χ0) is 10.8. The van der Waals surface area contributed by atoms with Gasteiger partial charge in [-0.15, -0.1) is 12.3 Å². The first-order valence-corrected chi connectivity index (χ1v) is 4.90. The number of terminal acetylenes is 1. The molecule has 0 spiro atoms. The van der Waals surface area contributed by atoms with Gasteiger partial charge in [-0.3, -0.25) is 9.78 Å². The molecule has 3 nitrogen and oxygen atoms in total. The van der Waals surface area contributed by atoms with Crippen LogP contribution in [0.15, 0.2) is 18.3 Å². The van der Waals surface area contributed by atoms with Gasteiger partial charge in [0.2, 0.25) is 5.91 Å². The summed E-state index contributed by atoms with van der Waals surface area (Å²) in [6, 6.07) is 3.74. The number of carbonyl (C=O) groups excluding carboxylic acids is 1. The molecular formula is C12H12N2O. The molecule has 1 aliphatic heterocycles. The zero-order valence-corrected chi connectivity index (χ0v) is 8.60. The Morgan fingerprint density at radius 2 is 2.47 bits per heavy atom. The number of nitrogens with zero attached hydrogens (tertiary/aromatic N) is 2. The Bertz CT molecular complexity index is 433. The third-order valence-electron chi connectivity index (χ3n) is 2.55. The van der Waals surface area contributed by atoms with Crippen LogP contribution in [0.3, 0.4) is 0 Å². The van der Waals surface area contributed by atoms with Crippen LogP contribution in [0.4, 0.5) is 5.69 Å². The van der Waals surface area contributed by atoms with Gasteiger partial charge in [0.25, 0.3) is 0 Å². The first kappa shape index (κ1) is 9.72. The van der Waals surface area contributed by atoms with Crippen LogP contribution in [0.5, 0.6) is 0 Å². The summed E-state index contributed by atoms with van der Waals surface area (Å²) in [6.45, 7) is 2.53. The highest BCUT2D eigenvalue weighted by Gasteiger charge is 2.29. The maximum atomic E-state index is 11.7. The average molecular weight is 200 g/mol. The molecule has 0 radical (unpaired) electrons. The van der Waals surface area contributed by atoms with Gasteiger partial charge < -0.3 is 4.90 Å². The van der Waals surface area contributed by atoms with E-state index in [4.69, 9.17) is 6.42 Å². The van der Waals surface area contributed by atoms with Crippen molar-refractivity contribution in [1.29, 1.82) is 0 Å². The molecule has 1 aliphatic rings. The molecule has 1 aromatic rings. The summed E-state index contributed by atoms with van der Waals surface area (Å²) < 4.78 is 0. The molecule has 1 unspecified atom stereocenters. The first-order valence-electron chi connectivity index (χ1n) is 4.90. The summed E-state index contributed by atoms with van der Waals surface area (Å²) in [5.41, 5.74) is 1.80. The van der Waals surface area contributed by atoms with Crippen LogP contribution in [0.1, 0.15) is 12.1 Å². The van der Waals surface area contributed by atoms with Gasteiger partial charge in [-0.25, -0.2) is 0 Å². The van der Waals surface area contributed by atoms with Crippen molar-refractivity contribution in [3.63, 3.8) is 0 Å². The Hall–Kier alpha value is -1.82. The Morgan fingerprint density at radius 1 is 1.67 bits per heavy atom. The van der Waals surface area contributed by atoms with E-state index in [9.17, 15) is 4.79 Å². The van der Waals surface area contributed by atoms with E-state index in [0.717, 1.165) is 11.4 Å². The number of hydrogen-bond acceptors (Lipinski definition) is 2. The van der Waals surface area contributed by atoms with E-state index in [2.05, 4.69) is 10.9 Å². The van der Waals surface area contributed by atoms with E-state index in [-0.39, 0.29) is 11.8 Å². The predicted molar refractivity (Wildman–Crippen MR) is 58.3 cm³/mol. The topological polar surface area (TPSA) is 33.2 Å². The molecule has 1 atom stereocenters. The van der Waals surface area contributed by atoms with Crippen LogP contribution >= 0.6 is 0 Å². The summed E-state index contributed by atoms with van der Waals surface area (Å²) in [4.78, 5) is 17.5. The average Bonchev–Trinajstić information content (AvgIpc) is 2.60. The van der Waals surface area contributed by atoms with Crippen molar-refractivity contribution in [2.24, 2.45) is 5.92 Å². The van der Waals surface area contributed by atoms with E-state index >= 15 is 0 Å². The van der Waals surface area contributed by atoms with Crippen LogP contribution in [0.25, 0.3) is 0 Å². The highest BCUT2D eigenvalue weighted by Crippen LogP contribution is 2.24. The molecule has 0 N–H and O–H groups in total. The number of hydrogen-bond donors (Lipinski definition) is 0. The van der Waals surface area contributed by atoms with Crippen molar-refractivity contribution in [1.82, 2.24) is 4.98 Å². The van der Waals surface area contributed by atoms with E-state index in [1.807, 2.05) is 19.1 Å². The second-order valence-corrected chi connectivity index (χ2v) is 3.73. The lowest BCUT2D eigenvalue weighted by Gasteiger charge is -2.15. The smallest absolute Gasteiger partial charge is 0.228 e. The lowest BCUT2D eigenvalue weighted by atomic mass is 10.1. The van der Waals surface area contributed by atoms with E-state index in [1.165, 1.54) is 0 Å². The van der Waals surface area contributed by atoms with E-state index in [0.29, 0.717) is 13.0 Å². The summed E-state index contributed by atoms with van der Waals surface area (Å²) in [5, 5.41) is 0. The molecule has 2 heterocycles. The number of pyridine rings is 1. The highest BCUT2D eigenvalue weighted by molar-refractivity contribution is 5.96. The van der Waals surface area contributed by atoms with Crippen LogP contribution < -0.4 is 4.90 Å². The normalized spacial score (nSPS) is 20.4. The van der Waals surface area contributed by atoms with Crippen molar-refractivity contribution in [2.75, 3.05) is 11.4 Å². The molecule has 1 fully saturated rings. The number of amides is 1. The van der Waals surface area contributed by atoms with Crippen LogP contribution in [0.2, 0.25) is 0 Å². The van der Waals surface area contributed by atoms with E-state index < -0.39 is 0 Å². The lowest BCUT2D eigenvalue weighted by Crippen LogP contribution is -2.24. The molecule has 1 amide bonds. The van der Waals surface area contributed by atoms with Gasteiger partial charge in [0.1, 0.15) is 0 Å². The fourth-order valence-corrected chi connectivity index (χ4v) is 1.77. The molecule has 1 aromatic heterocycles. The second kappa shape index (κ2) is 3.74. The Kier molecular flexibility index (Phi) is 2.42. The van der Waals surface area contributed by atoms with Crippen LogP contribution in [-0.2, 0) is 4.79 Å². The van der Waals surface area contributed by atoms with Crippen molar-refractivity contribution in [3.8, 4) is 12.3 Å². The summed E-state index contributed by atoms with van der Waals surface area (Å²) in [6.07, 6.45) is 7.49. The molecule has 3 heteroatoms. The van der Waals surface area contributed by atoms with Gasteiger partial charge in [0, 0.05) is 36.5 Å². The van der Waals surface area contributed by atoms with Gasteiger partial charge in [-0.05, 0) is 19.1 Å². The molecule has 76 valence electrons. The number of aromatic nitrogens is 1. The standard InChI is InChI=1S/C12H12N2O/c1-3-10-7-12(15)14(8-10)11-4-5-13-9(2)6-11/h1,4-6,10H,7-8H2,2H3. The quantitative estimate of drug-likeness (QED) is 0.641. The van der Waals surface area contributed by atoms with Gasteiger partial charge in [-0.2, -0.15) is 0 Å². The summed E-state index contributed by atoms with van der Waals surface area (Å²) in [5.74, 6) is 2.78. The number of rotatable bonds is 1. The highest BCUT2D eigenvalue weighted by atomic mass is 16.2. The minimum Gasteiger partial charge on any atom is -0.311 e. The van der Waals surface area contributed by atoms with Crippen molar-refractivity contribution in [2.45, 2.75) is 13.3 Å². The van der Waals surface area contributed by atoms with Crippen LogP contribution in [-0.4, -0.2) is 17.4 Å². The number of anilines is 1. The predicted octanol–water partition coefficient (Wildman–Crippen LogP) is 1.38. The third-order valence-corrected chi connectivity index (χ3v) is 2.55. The Morgan fingerprint density at radius 3 is 3.07 bits per heavy atom. The Labute approximate surface area is 89.1 Å². The summed E-state index contributed by atoms with van der Waals surface area (Å²) in [7, 11) is 0. The molecule has 0 bridgehead atoms. The van der Waals surface area contributed by atoms with E-state index in [1.54, 1.807) is 11.1 Å². The minimum absolute atomic E-state index is 0.0472. The van der Waals surface area contributed by atoms with Crippen molar-refractivity contribution < 1.29 is 4.79 Å². The van der Waals surface area contributed by atoms with Crippen molar-refractivity contribution >= 4 is 11.6 Å². The lowest BCUT2D eigenvalue weighted by molar-refractivity contribution is -0.117. The number of carbonyl (C=O) groups is 1. The van der Waals surface area contributed by atoms with Gasteiger partial charge >= 0.3 is 0 Å². The molecule has 2 rings (SSSR count). The fraction of sp³-hybridized carbons (Fsp3) is 0.333. The molecular weight excluding hydrogens is 188 g/mol. The molecule has 15 heavy (non-hydrogen) atoms. The first-order chi connectivity index (χ1) is 7.20. The van der Waals surface area contributed by atoms with Gasteiger partial charge in [0.05, 0.1) is 0 Å². The second-order valence-electron chi connectivity index (χ2n) is 3.73. The third kappa shape index (κ3) is 1.84. The maximum Gasteiger partial charge on any atom is 0.228 e. The van der Waals surface area contributed by atoms with Crippen LogP contribution in [0, 0.1) is 25.2 Å². The molecule has 1 saturated heterocycles. The van der Waals surface area contributed by atoms with Gasteiger partial charge in [0.15, 0.2) is 0 Å². The molecule has 0 aromatic carbocycles. The minimum atomic E-state index is 0.0472. The zero-order valence-electron chi connectivity index (χ0n) is 8.60. The molecule has 0 saturated carbocycles. The summed E-state index contributed by atoms with van der Waals surface area (Å²) >= 11 is 0. The van der Waals surface area contributed by atoms with Gasteiger partial charge in [-0.1, -0.05) is 0 Å². The largest absolute Gasteiger partial charge is 0.311 e. The van der Waals surface area contributed by atoms with Crippen molar-refractivity contribution in [3.05, 3.63) is 24.0 Å². The SMILES string of the molecule is C#CC1CC(=O)N(c2ccnc(C)c2)C1.